The number of rotatable bonds is 1. The second kappa shape index (κ2) is 3.90. The third-order valence-corrected chi connectivity index (χ3v) is 2.56. The summed E-state index contributed by atoms with van der Waals surface area (Å²) in [5, 5.41) is 0. The molecule has 0 bridgehead atoms. The fraction of sp³-hybridized carbons (Fsp3) is 0.889. The Morgan fingerprint density at radius 1 is 1.50 bits per heavy atom. The Morgan fingerprint density at radius 3 is 2.67 bits per heavy atom. The molecule has 1 aliphatic rings. The first-order valence-electron chi connectivity index (χ1n) is 4.61. The smallest absolute Gasteiger partial charge is 0.219 e. The van der Waals surface area contributed by atoms with Crippen molar-refractivity contribution in [3.8, 4) is 0 Å². The Bertz CT molecular complexity index is 170. The lowest BCUT2D eigenvalue weighted by Gasteiger charge is -2.39. The Kier molecular flexibility index (Phi) is 3.09. The molecule has 1 saturated heterocycles. The van der Waals surface area contributed by atoms with Crippen molar-refractivity contribution in [3.63, 3.8) is 0 Å². The van der Waals surface area contributed by atoms with Crippen LogP contribution in [0.3, 0.4) is 0 Å². The molecular formula is C9H18N2O. The van der Waals surface area contributed by atoms with Crippen LogP contribution in [0.5, 0.6) is 0 Å². The highest BCUT2D eigenvalue weighted by molar-refractivity contribution is 5.73. The number of amides is 1. The second-order valence-corrected chi connectivity index (χ2v) is 3.54. The zero-order valence-electron chi connectivity index (χ0n) is 8.21. The molecule has 1 amide bonds. The van der Waals surface area contributed by atoms with Crippen molar-refractivity contribution >= 4 is 5.91 Å². The molecule has 1 rings (SSSR count). The third kappa shape index (κ3) is 1.97. The summed E-state index contributed by atoms with van der Waals surface area (Å²) in [6, 6.07) is 0.432. The van der Waals surface area contributed by atoms with Crippen molar-refractivity contribution in [2.75, 3.05) is 26.7 Å². The number of likely N-dealkylation sites (N-methyl/N-ethyl adjacent to an activating group) is 1. The van der Waals surface area contributed by atoms with E-state index in [0.29, 0.717) is 6.04 Å². The van der Waals surface area contributed by atoms with Crippen LogP contribution in [0.25, 0.3) is 0 Å². The summed E-state index contributed by atoms with van der Waals surface area (Å²) in [6.45, 7) is 6.73. The third-order valence-electron chi connectivity index (χ3n) is 2.56. The Morgan fingerprint density at radius 2 is 2.17 bits per heavy atom. The minimum absolute atomic E-state index is 0.218. The van der Waals surface area contributed by atoms with E-state index in [9.17, 15) is 4.79 Å². The molecular weight excluding hydrogens is 152 g/mol. The van der Waals surface area contributed by atoms with Crippen molar-refractivity contribution in [2.45, 2.75) is 26.3 Å². The minimum Gasteiger partial charge on any atom is -0.337 e. The molecule has 0 aromatic rings. The zero-order valence-corrected chi connectivity index (χ0v) is 8.21. The molecule has 0 aliphatic carbocycles. The van der Waals surface area contributed by atoms with Crippen molar-refractivity contribution in [3.05, 3.63) is 0 Å². The van der Waals surface area contributed by atoms with Crippen molar-refractivity contribution in [1.29, 1.82) is 0 Å². The Hall–Kier alpha value is -0.570. The molecule has 0 aromatic heterocycles. The van der Waals surface area contributed by atoms with Gasteiger partial charge in [0.2, 0.25) is 5.91 Å². The van der Waals surface area contributed by atoms with Gasteiger partial charge >= 0.3 is 0 Å². The van der Waals surface area contributed by atoms with Gasteiger partial charge in [0.1, 0.15) is 0 Å². The molecule has 1 fully saturated rings. The van der Waals surface area contributed by atoms with Crippen LogP contribution < -0.4 is 0 Å². The number of piperazine rings is 1. The van der Waals surface area contributed by atoms with Crippen LogP contribution in [-0.4, -0.2) is 48.4 Å². The fourth-order valence-electron chi connectivity index (χ4n) is 1.77. The standard InChI is InChI=1S/C9H18N2O/c1-4-9-7-10(3)5-6-11(9)8(2)12/h9H,4-7H2,1-3H3/t9-/m0/s1. The van der Waals surface area contributed by atoms with Crippen LogP contribution in [-0.2, 0) is 4.79 Å². The largest absolute Gasteiger partial charge is 0.337 e. The summed E-state index contributed by atoms with van der Waals surface area (Å²) in [5.41, 5.74) is 0. The molecule has 0 unspecified atom stereocenters. The van der Waals surface area contributed by atoms with E-state index >= 15 is 0 Å². The summed E-state index contributed by atoms with van der Waals surface area (Å²) in [7, 11) is 2.11. The summed E-state index contributed by atoms with van der Waals surface area (Å²) in [6.07, 6.45) is 1.06. The average molecular weight is 170 g/mol. The van der Waals surface area contributed by atoms with Gasteiger partial charge in [-0.25, -0.2) is 0 Å². The summed E-state index contributed by atoms with van der Waals surface area (Å²) in [4.78, 5) is 15.5. The van der Waals surface area contributed by atoms with E-state index in [1.165, 1.54) is 0 Å². The monoisotopic (exact) mass is 170 g/mol. The van der Waals surface area contributed by atoms with Crippen LogP contribution in [0, 0.1) is 0 Å². The predicted molar refractivity (Wildman–Crippen MR) is 49.0 cm³/mol. The highest BCUT2D eigenvalue weighted by Gasteiger charge is 2.24. The maximum Gasteiger partial charge on any atom is 0.219 e. The maximum atomic E-state index is 11.2. The number of nitrogens with zero attached hydrogens (tertiary/aromatic N) is 2. The maximum absolute atomic E-state index is 11.2. The summed E-state index contributed by atoms with van der Waals surface area (Å²) < 4.78 is 0. The van der Waals surface area contributed by atoms with Gasteiger partial charge in [-0.2, -0.15) is 0 Å². The molecule has 0 aromatic carbocycles. The molecule has 1 atom stereocenters. The quantitative estimate of drug-likeness (QED) is 0.574. The molecule has 12 heavy (non-hydrogen) atoms. The van der Waals surface area contributed by atoms with Gasteiger partial charge in [-0.15, -0.1) is 0 Å². The molecule has 0 saturated carbocycles. The van der Waals surface area contributed by atoms with Crippen molar-refractivity contribution in [2.24, 2.45) is 0 Å². The van der Waals surface area contributed by atoms with Crippen molar-refractivity contribution < 1.29 is 4.79 Å². The average Bonchev–Trinajstić information content (AvgIpc) is 2.03. The van der Waals surface area contributed by atoms with Gasteiger partial charge in [0.25, 0.3) is 0 Å². The van der Waals surface area contributed by atoms with E-state index in [0.717, 1.165) is 26.1 Å². The lowest BCUT2D eigenvalue weighted by molar-refractivity contribution is -0.133. The first-order valence-corrected chi connectivity index (χ1v) is 4.61. The molecule has 0 radical (unpaired) electrons. The number of carbonyl (C=O) groups excluding carboxylic acids is 1. The molecule has 3 nitrogen and oxygen atoms in total. The molecule has 70 valence electrons. The predicted octanol–water partition coefficient (Wildman–Crippen LogP) is 0.559. The summed E-state index contributed by atoms with van der Waals surface area (Å²) >= 11 is 0. The molecule has 0 spiro atoms. The van der Waals surface area contributed by atoms with Crippen LogP contribution >= 0.6 is 0 Å². The highest BCUT2D eigenvalue weighted by Crippen LogP contribution is 2.11. The minimum atomic E-state index is 0.218. The Balaban J connectivity index is 2.56. The first kappa shape index (κ1) is 9.52. The van der Waals surface area contributed by atoms with Crippen LogP contribution in [0.1, 0.15) is 20.3 Å². The molecule has 1 heterocycles. The zero-order chi connectivity index (χ0) is 9.14. The van der Waals surface area contributed by atoms with E-state index < -0.39 is 0 Å². The topological polar surface area (TPSA) is 23.6 Å². The van der Waals surface area contributed by atoms with Gasteiger partial charge in [-0.3, -0.25) is 4.79 Å². The van der Waals surface area contributed by atoms with Crippen LogP contribution in [0.4, 0.5) is 0 Å². The lowest BCUT2D eigenvalue weighted by atomic mass is 10.1. The molecule has 1 aliphatic heterocycles. The van der Waals surface area contributed by atoms with Gasteiger partial charge in [0.05, 0.1) is 0 Å². The molecule has 3 heteroatoms. The second-order valence-electron chi connectivity index (χ2n) is 3.54. The van der Waals surface area contributed by atoms with E-state index in [1.807, 2.05) is 4.90 Å². The van der Waals surface area contributed by atoms with E-state index in [4.69, 9.17) is 0 Å². The van der Waals surface area contributed by atoms with E-state index in [2.05, 4.69) is 18.9 Å². The first-order chi connectivity index (χ1) is 5.65. The van der Waals surface area contributed by atoms with E-state index in [-0.39, 0.29) is 5.91 Å². The van der Waals surface area contributed by atoms with Crippen LogP contribution in [0.15, 0.2) is 0 Å². The molecule has 0 N–H and O–H groups in total. The van der Waals surface area contributed by atoms with Gasteiger partial charge in [-0.1, -0.05) is 6.92 Å². The van der Waals surface area contributed by atoms with Gasteiger partial charge < -0.3 is 9.80 Å². The Labute approximate surface area is 74.3 Å². The van der Waals surface area contributed by atoms with Crippen LogP contribution in [0.2, 0.25) is 0 Å². The van der Waals surface area contributed by atoms with E-state index in [1.54, 1.807) is 6.92 Å². The number of hydrogen-bond donors (Lipinski definition) is 0. The number of hydrogen-bond acceptors (Lipinski definition) is 2. The van der Waals surface area contributed by atoms with Crippen molar-refractivity contribution in [1.82, 2.24) is 9.80 Å². The SMILES string of the molecule is CC[C@H]1CN(C)CCN1C(C)=O. The summed E-state index contributed by atoms with van der Waals surface area (Å²) in [5.74, 6) is 0.218. The van der Waals surface area contributed by atoms with Gasteiger partial charge in [0.15, 0.2) is 0 Å². The van der Waals surface area contributed by atoms with Gasteiger partial charge in [0, 0.05) is 32.6 Å². The number of carbonyl (C=O) groups is 1. The highest BCUT2D eigenvalue weighted by atomic mass is 16.2. The fourth-order valence-corrected chi connectivity index (χ4v) is 1.77. The normalized spacial score (nSPS) is 25.9. The lowest BCUT2D eigenvalue weighted by Crippen LogP contribution is -2.53. The van der Waals surface area contributed by atoms with Gasteiger partial charge in [-0.05, 0) is 13.5 Å².